The Hall–Kier alpha value is -2.41. The van der Waals surface area contributed by atoms with Crippen molar-refractivity contribution in [1.29, 1.82) is 0 Å². The van der Waals surface area contributed by atoms with E-state index in [0.717, 1.165) is 37.4 Å². The maximum absolute atomic E-state index is 12.2. The summed E-state index contributed by atoms with van der Waals surface area (Å²) in [7, 11) is 0. The average molecular weight is 351 g/mol. The molecule has 133 valence electrons. The molecular weight excluding hydrogens is 333 g/mol. The van der Waals surface area contributed by atoms with Crippen LogP contribution in [0.5, 0.6) is 11.5 Å². The summed E-state index contributed by atoms with van der Waals surface area (Å²) in [5, 5.41) is 11.2. The molecule has 0 atom stereocenters. The van der Waals surface area contributed by atoms with Crippen molar-refractivity contribution in [2.24, 2.45) is 0 Å². The molecule has 2 aromatic carbocycles. The van der Waals surface area contributed by atoms with Crippen LogP contribution >= 0.6 is 0 Å². The van der Waals surface area contributed by atoms with E-state index in [-0.39, 0.29) is 11.5 Å². The van der Waals surface area contributed by atoms with Gasteiger partial charge in [-0.2, -0.15) is 0 Å². The lowest BCUT2D eigenvalue weighted by atomic mass is 10.2. The number of alkyl halides is 3. The van der Waals surface area contributed by atoms with Crippen LogP contribution in [0.1, 0.15) is 5.56 Å². The molecule has 4 nitrogen and oxygen atoms in total. The van der Waals surface area contributed by atoms with E-state index in [4.69, 9.17) is 0 Å². The van der Waals surface area contributed by atoms with Gasteiger partial charge in [0.25, 0.3) is 0 Å². The molecule has 0 saturated carbocycles. The lowest BCUT2D eigenvalue weighted by molar-refractivity contribution is -0.274. The van der Waals surface area contributed by atoms with Gasteiger partial charge < -0.3 is 9.64 Å². The molecule has 25 heavy (non-hydrogen) atoms. The quantitative estimate of drug-likeness (QED) is 0.834. The summed E-state index contributed by atoms with van der Waals surface area (Å²) in [6.45, 7) is 4.06. The van der Waals surface area contributed by atoms with Gasteiger partial charge in [0.05, 0.1) is 0 Å². The summed E-state index contributed by atoms with van der Waals surface area (Å²) in [4.78, 5) is 4.47. The Balaban J connectivity index is 1.51. The zero-order chi connectivity index (χ0) is 17.9. The zero-order valence-corrected chi connectivity index (χ0v) is 13.5. The molecular formula is C18H18F3N2O2. The molecule has 7 heteroatoms. The fourth-order valence-corrected chi connectivity index (χ4v) is 2.88. The Labute approximate surface area is 144 Å². The SMILES string of the molecule is [O]c1ccc(N2CCN(Cc3ccc(OC(F)(F)F)cc3)CC2)cc1. The van der Waals surface area contributed by atoms with E-state index < -0.39 is 6.36 Å². The molecule has 0 amide bonds. The van der Waals surface area contributed by atoms with E-state index in [1.807, 2.05) is 12.1 Å². The highest BCUT2D eigenvalue weighted by Gasteiger charge is 2.31. The maximum atomic E-state index is 12.2. The van der Waals surface area contributed by atoms with Crippen LogP contribution in [0.3, 0.4) is 0 Å². The zero-order valence-electron chi connectivity index (χ0n) is 13.5. The van der Waals surface area contributed by atoms with Gasteiger partial charge >= 0.3 is 6.36 Å². The monoisotopic (exact) mass is 351 g/mol. The molecule has 1 heterocycles. The highest BCUT2D eigenvalue weighted by molar-refractivity contribution is 5.49. The molecule has 0 aliphatic carbocycles. The van der Waals surface area contributed by atoms with Crippen molar-refractivity contribution < 1.29 is 23.0 Å². The van der Waals surface area contributed by atoms with Crippen molar-refractivity contribution in [2.75, 3.05) is 31.1 Å². The van der Waals surface area contributed by atoms with Crippen molar-refractivity contribution in [3.63, 3.8) is 0 Å². The fourth-order valence-electron chi connectivity index (χ4n) is 2.88. The Morgan fingerprint density at radius 3 is 2.04 bits per heavy atom. The molecule has 2 aromatic rings. The fraction of sp³-hybridized carbons (Fsp3) is 0.333. The maximum Gasteiger partial charge on any atom is 0.573 e. The van der Waals surface area contributed by atoms with E-state index in [0.29, 0.717) is 6.54 Å². The molecule has 0 N–H and O–H groups in total. The first-order chi connectivity index (χ1) is 11.9. The number of piperazine rings is 1. The minimum absolute atomic E-state index is 0.000311. The summed E-state index contributed by atoms with van der Waals surface area (Å²) < 4.78 is 40.4. The van der Waals surface area contributed by atoms with Crippen LogP contribution in [0.2, 0.25) is 0 Å². The van der Waals surface area contributed by atoms with Gasteiger partial charge in [0.1, 0.15) is 5.75 Å². The molecule has 0 bridgehead atoms. The Morgan fingerprint density at radius 2 is 1.48 bits per heavy atom. The molecule has 1 saturated heterocycles. The lowest BCUT2D eigenvalue weighted by Gasteiger charge is -2.36. The number of hydrogen-bond donors (Lipinski definition) is 0. The van der Waals surface area contributed by atoms with Gasteiger partial charge in [-0.3, -0.25) is 10.0 Å². The Morgan fingerprint density at radius 1 is 0.880 bits per heavy atom. The van der Waals surface area contributed by atoms with Crippen molar-refractivity contribution in [3.05, 3.63) is 54.1 Å². The summed E-state index contributed by atoms with van der Waals surface area (Å²) in [5.41, 5.74) is 1.98. The minimum Gasteiger partial charge on any atom is -0.406 e. The number of nitrogens with zero attached hydrogens (tertiary/aromatic N) is 2. The van der Waals surface area contributed by atoms with E-state index in [1.54, 1.807) is 24.3 Å². The van der Waals surface area contributed by atoms with Gasteiger partial charge in [-0.25, -0.2) is 0 Å². The first-order valence-electron chi connectivity index (χ1n) is 7.98. The molecule has 1 aliphatic rings. The Kier molecular flexibility index (Phi) is 5.03. The first-order valence-corrected chi connectivity index (χ1v) is 7.98. The predicted molar refractivity (Wildman–Crippen MR) is 87.2 cm³/mol. The second-order valence-corrected chi connectivity index (χ2v) is 5.95. The molecule has 3 rings (SSSR count). The first kappa shape index (κ1) is 17.4. The minimum atomic E-state index is -4.66. The van der Waals surface area contributed by atoms with Gasteiger partial charge in [0.2, 0.25) is 0 Å². The molecule has 1 fully saturated rings. The van der Waals surface area contributed by atoms with Gasteiger partial charge in [-0.1, -0.05) is 12.1 Å². The van der Waals surface area contributed by atoms with Crippen molar-refractivity contribution in [3.8, 4) is 11.5 Å². The topological polar surface area (TPSA) is 35.6 Å². The lowest BCUT2D eigenvalue weighted by Crippen LogP contribution is -2.45. The van der Waals surface area contributed by atoms with Gasteiger partial charge in [0.15, 0.2) is 5.75 Å². The normalized spacial score (nSPS) is 16.0. The predicted octanol–water partition coefficient (Wildman–Crippen LogP) is 4.05. The smallest absolute Gasteiger partial charge is 0.406 e. The third kappa shape index (κ3) is 5.03. The highest BCUT2D eigenvalue weighted by atomic mass is 19.4. The second-order valence-electron chi connectivity index (χ2n) is 5.95. The van der Waals surface area contributed by atoms with Crippen LogP contribution in [0.15, 0.2) is 48.5 Å². The van der Waals surface area contributed by atoms with Crippen molar-refractivity contribution in [2.45, 2.75) is 12.9 Å². The van der Waals surface area contributed by atoms with Crippen molar-refractivity contribution in [1.82, 2.24) is 4.90 Å². The molecule has 1 radical (unpaired) electrons. The largest absolute Gasteiger partial charge is 0.573 e. The van der Waals surface area contributed by atoms with Crippen LogP contribution in [-0.4, -0.2) is 37.4 Å². The average Bonchev–Trinajstić information content (AvgIpc) is 2.57. The molecule has 0 aromatic heterocycles. The van der Waals surface area contributed by atoms with E-state index in [1.165, 1.54) is 12.1 Å². The standard InChI is InChI=1S/C18H18F3N2O2/c19-18(20,21)25-17-7-1-14(2-8-17)13-22-9-11-23(12-10-22)15-3-5-16(24)6-4-15/h1-8H,9-13H2. The van der Waals surface area contributed by atoms with Crippen LogP contribution in [0.4, 0.5) is 18.9 Å². The highest BCUT2D eigenvalue weighted by Crippen LogP contribution is 2.24. The third-order valence-corrected chi connectivity index (χ3v) is 4.14. The van der Waals surface area contributed by atoms with Crippen LogP contribution in [-0.2, 0) is 11.7 Å². The number of halogens is 3. The van der Waals surface area contributed by atoms with Crippen LogP contribution in [0, 0.1) is 0 Å². The second kappa shape index (κ2) is 7.23. The summed E-state index contributed by atoms with van der Waals surface area (Å²) >= 11 is 0. The number of hydrogen-bond acceptors (Lipinski definition) is 3. The van der Waals surface area contributed by atoms with Crippen LogP contribution in [0.25, 0.3) is 0 Å². The van der Waals surface area contributed by atoms with Crippen LogP contribution < -0.4 is 9.64 Å². The van der Waals surface area contributed by atoms with Gasteiger partial charge in [0, 0.05) is 38.4 Å². The molecule has 0 spiro atoms. The van der Waals surface area contributed by atoms with E-state index in [9.17, 15) is 18.3 Å². The third-order valence-electron chi connectivity index (χ3n) is 4.14. The number of ether oxygens (including phenoxy) is 1. The van der Waals surface area contributed by atoms with E-state index in [2.05, 4.69) is 14.5 Å². The van der Waals surface area contributed by atoms with Gasteiger partial charge in [-0.05, 0) is 42.0 Å². The number of benzene rings is 2. The number of rotatable bonds is 4. The van der Waals surface area contributed by atoms with Gasteiger partial charge in [-0.15, -0.1) is 13.2 Å². The summed E-state index contributed by atoms with van der Waals surface area (Å²) in [6.07, 6.45) is -4.66. The number of anilines is 1. The van der Waals surface area contributed by atoms with E-state index >= 15 is 0 Å². The summed E-state index contributed by atoms with van der Waals surface area (Å²) in [6, 6.07) is 12.8. The Bertz CT molecular complexity index is 679. The van der Waals surface area contributed by atoms with Crippen molar-refractivity contribution >= 4 is 5.69 Å². The molecule has 1 aliphatic heterocycles. The molecule has 0 unspecified atom stereocenters. The summed E-state index contributed by atoms with van der Waals surface area (Å²) in [5.74, 6) is -0.205.